The van der Waals surface area contributed by atoms with Crippen LogP contribution in [-0.2, 0) is 22.3 Å². The molecule has 1 atom stereocenters. The van der Waals surface area contributed by atoms with E-state index in [-0.39, 0.29) is 23.0 Å². The number of nitrogens with zero attached hydrogens (tertiary/aromatic N) is 2. The Bertz CT molecular complexity index is 1550. The molecule has 2 heterocycles. The maximum absolute atomic E-state index is 13.5. The second-order valence-corrected chi connectivity index (χ2v) is 10.8. The fourth-order valence-electron chi connectivity index (χ4n) is 4.14. The second-order valence-electron chi connectivity index (χ2n) is 9.58. The van der Waals surface area contributed by atoms with Gasteiger partial charge in [0.2, 0.25) is 0 Å². The predicted molar refractivity (Wildman–Crippen MR) is 133 cm³/mol. The maximum Gasteiger partial charge on any atom is 0.416 e. The summed E-state index contributed by atoms with van der Waals surface area (Å²) in [5.41, 5.74) is -2.37. The van der Waals surface area contributed by atoms with Crippen molar-refractivity contribution in [2.75, 3.05) is 6.54 Å². The lowest BCUT2D eigenvalue weighted by Crippen LogP contribution is -2.38. The molecule has 198 valence electrons. The van der Waals surface area contributed by atoms with E-state index in [1.54, 1.807) is 26.8 Å². The summed E-state index contributed by atoms with van der Waals surface area (Å²) in [4.78, 5) is 39.0. The van der Waals surface area contributed by atoms with Gasteiger partial charge in [-0.05, 0) is 50.6 Å². The van der Waals surface area contributed by atoms with Gasteiger partial charge in [0, 0.05) is 11.4 Å². The Morgan fingerprint density at radius 3 is 2.42 bits per heavy atom. The van der Waals surface area contributed by atoms with Crippen LogP contribution in [0.5, 0.6) is 5.75 Å². The Morgan fingerprint density at radius 2 is 1.84 bits per heavy atom. The van der Waals surface area contributed by atoms with Crippen molar-refractivity contribution in [2.45, 2.75) is 49.2 Å². The number of benzene rings is 2. The van der Waals surface area contributed by atoms with Crippen molar-refractivity contribution >= 4 is 34.5 Å². The van der Waals surface area contributed by atoms with E-state index in [1.807, 2.05) is 6.07 Å². The summed E-state index contributed by atoms with van der Waals surface area (Å²) < 4.78 is 45.4. The number of hydrogen-bond donors (Lipinski definition) is 2. The lowest BCUT2D eigenvalue weighted by Gasteiger charge is -2.28. The first-order valence-electron chi connectivity index (χ1n) is 11.4. The molecule has 1 amide bonds. The third-order valence-electron chi connectivity index (χ3n) is 5.73. The molecule has 0 radical (unpaired) electrons. The van der Waals surface area contributed by atoms with Crippen LogP contribution in [0.2, 0.25) is 0 Å². The molecule has 1 aliphatic rings. The highest BCUT2D eigenvalue weighted by Gasteiger charge is 2.33. The number of hydrogen-bond acceptors (Lipinski definition) is 7. The number of halogens is 3. The van der Waals surface area contributed by atoms with E-state index in [0.717, 1.165) is 12.1 Å². The van der Waals surface area contributed by atoms with Crippen LogP contribution in [0.1, 0.15) is 53.1 Å². The van der Waals surface area contributed by atoms with Gasteiger partial charge in [0.1, 0.15) is 23.5 Å². The fraction of sp³-hybridized carbons (Fsp3) is 0.308. The Kier molecular flexibility index (Phi) is 6.92. The number of amides is 1. The molecule has 1 aliphatic heterocycles. The number of nitriles is 1. The van der Waals surface area contributed by atoms with Crippen molar-refractivity contribution in [3.8, 4) is 11.8 Å². The lowest BCUT2D eigenvalue weighted by atomic mass is 10.0. The zero-order chi connectivity index (χ0) is 28.0. The predicted octanol–water partition coefficient (Wildman–Crippen LogP) is 4.52. The van der Waals surface area contributed by atoms with E-state index < -0.39 is 57.9 Å². The van der Waals surface area contributed by atoms with Gasteiger partial charge in [-0.25, -0.2) is 0 Å². The molecule has 4 rings (SSSR count). The molecule has 0 aliphatic carbocycles. The average Bonchev–Trinajstić information content (AvgIpc) is 2.84. The molecule has 0 saturated carbocycles. The summed E-state index contributed by atoms with van der Waals surface area (Å²) >= 11 is 1.26. The van der Waals surface area contributed by atoms with Gasteiger partial charge in [0.15, 0.2) is 0 Å². The number of carbonyl (C=O) groups is 2. The van der Waals surface area contributed by atoms with E-state index in [2.05, 4.69) is 5.32 Å². The third-order valence-corrected chi connectivity index (χ3v) is 7.02. The van der Waals surface area contributed by atoms with Crippen molar-refractivity contribution < 1.29 is 32.6 Å². The highest BCUT2D eigenvalue weighted by molar-refractivity contribution is 7.99. The van der Waals surface area contributed by atoms with E-state index in [1.165, 1.54) is 34.5 Å². The van der Waals surface area contributed by atoms with Crippen LogP contribution in [0.25, 0.3) is 10.9 Å². The number of ether oxygens (including phenoxy) is 1. The summed E-state index contributed by atoms with van der Waals surface area (Å²) in [6.07, 6.45) is -4.50. The quantitative estimate of drug-likeness (QED) is 0.463. The molecule has 2 N–H and O–H groups in total. The van der Waals surface area contributed by atoms with Crippen LogP contribution in [0, 0.1) is 11.3 Å². The van der Waals surface area contributed by atoms with Crippen LogP contribution in [0.4, 0.5) is 13.2 Å². The van der Waals surface area contributed by atoms with Gasteiger partial charge in [0.25, 0.3) is 11.5 Å². The van der Waals surface area contributed by atoms with E-state index in [9.17, 15) is 37.9 Å². The second kappa shape index (κ2) is 9.72. The Hall–Kier alpha value is -3.98. The van der Waals surface area contributed by atoms with Crippen molar-refractivity contribution in [1.82, 2.24) is 9.88 Å². The third kappa shape index (κ3) is 5.19. The molecule has 1 aromatic heterocycles. The van der Waals surface area contributed by atoms with Crippen molar-refractivity contribution in [2.24, 2.45) is 0 Å². The van der Waals surface area contributed by atoms with Crippen molar-refractivity contribution in [3.05, 3.63) is 69.0 Å². The van der Waals surface area contributed by atoms with Crippen LogP contribution in [0.15, 0.2) is 46.1 Å². The molecule has 12 heteroatoms. The van der Waals surface area contributed by atoms with Gasteiger partial charge in [-0.15, -0.1) is 11.8 Å². The molecular formula is C26H22F3N3O5S. The van der Waals surface area contributed by atoms with Gasteiger partial charge < -0.3 is 19.7 Å². The number of aromatic nitrogens is 1. The standard InChI is InChI=1S/C26H22F3N3O5S/c1-25(2,3)37-18(33)11-31-23(35)20-22(34)19-14(10-30)6-9-16-21(19)32(24(20)36)12-17(38-16)13-4-7-15(8-5-13)26(27,28)29/h4-9,17,34H,11-12H2,1-3H3,(H,31,35). The number of aromatic hydroxyl groups is 1. The number of alkyl halides is 3. The highest BCUT2D eigenvalue weighted by Crippen LogP contribution is 2.46. The first-order valence-corrected chi connectivity index (χ1v) is 12.3. The smallest absolute Gasteiger partial charge is 0.416 e. The summed E-state index contributed by atoms with van der Waals surface area (Å²) in [6.45, 7) is 4.32. The topological polar surface area (TPSA) is 121 Å². The Morgan fingerprint density at radius 1 is 1.18 bits per heavy atom. The normalized spacial score (nSPS) is 15.1. The largest absolute Gasteiger partial charge is 0.506 e. The summed E-state index contributed by atoms with van der Waals surface area (Å²) in [5.74, 6) is -2.50. The molecular weight excluding hydrogens is 523 g/mol. The molecule has 38 heavy (non-hydrogen) atoms. The average molecular weight is 546 g/mol. The first kappa shape index (κ1) is 27.1. The molecule has 0 spiro atoms. The van der Waals surface area contributed by atoms with E-state index >= 15 is 0 Å². The van der Waals surface area contributed by atoms with E-state index in [0.29, 0.717) is 10.5 Å². The van der Waals surface area contributed by atoms with Gasteiger partial charge >= 0.3 is 12.1 Å². The fourth-order valence-corrected chi connectivity index (χ4v) is 5.44. The maximum atomic E-state index is 13.5. The van der Waals surface area contributed by atoms with Gasteiger partial charge in [-0.2, -0.15) is 18.4 Å². The number of rotatable bonds is 4. The molecule has 0 fully saturated rings. The number of carbonyl (C=O) groups excluding carboxylic acids is 2. The molecule has 0 bridgehead atoms. The van der Waals surface area contributed by atoms with Gasteiger partial charge in [-0.3, -0.25) is 14.4 Å². The lowest BCUT2D eigenvalue weighted by molar-refractivity contribution is -0.153. The van der Waals surface area contributed by atoms with Crippen molar-refractivity contribution in [3.63, 3.8) is 0 Å². The first-order chi connectivity index (χ1) is 17.7. The van der Waals surface area contributed by atoms with Crippen LogP contribution in [-0.4, -0.2) is 33.7 Å². The zero-order valence-electron chi connectivity index (χ0n) is 20.5. The summed E-state index contributed by atoms with van der Waals surface area (Å²) in [6, 6.07) is 9.51. The minimum Gasteiger partial charge on any atom is -0.506 e. The van der Waals surface area contributed by atoms with E-state index in [4.69, 9.17) is 4.74 Å². The minimum atomic E-state index is -4.50. The van der Waals surface area contributed by atoms with Crippen LogP contribution >= 0.6 is 11.8 Å². The van der Waals surface area contributed by atoms with Crippen LogP contribution in [0.3, 0.4) is 0 Å². The van der Waals surface area contributed by atoms with Gasteiger partial charge in [-0.1, -0.05) is 12.1 Å². The summed E-state index contributed by atoms with van der Waals surface area (Å²) in [5, 5.41) is 22.4. The molecule has 0 saturated heterocycles. The van der Waals surface area contributed by atoms with Gasteiger partial charge in [0.05, 0.1) is 33.3 Å². The number of esters is 1. The Balaban J connectivity index is 1.77. The van der Waals surface area contributed by atoms with Crippen LogP contribution < -0.4 is 10.9 Å². The SMILES string of the molecule is CC(C)(C)OC(=O)CNC(=O)c1c(O)c2c(C#N)ccc3c2n(c1=O)CC(c1ccc(C(F)(F)F)cc1)S3. The number of pyridine rings is 1. The molecule has 2 aromatic carbocycles. The molecule has 8 nitrogen and oxygen atoms in total. The monoisotopic (exact) mass is 545 g/mol. The minimum absolute atomic E-state index is 0.00890. The van der Waals surface area contributed by atoms with Crippen molar-refractivity contribution in [1.29, 1.82) is 5.26 Å². The zero-order valence-corrected chi connectivity index (χ0v) is 21.3. The number of thioether (sulfide) groups is 1. The Labute approximate surface area is 219 Å². The molecule has 1 unspecified atom stereocenters. The molecule has 3 aromatic rings. The number of nitrogens with one attached hydrogen (secondary N) is 1. The summed E-state index contributed by atoms with van der Waals surface area (Å²) in [7, 11) is 0. The highest BCUT2D eigenvalue weighted by atomic mass is 32.2.